The molecule has 0 aromatic heterocycles. The first-order valence-corrected chi connectivity index (χ1v) is 5.52. The van der Waals surface area contributed by atoms with Crippen LogP contribution in [0.3, 0.4) is 0 Å². The lowest BCUT2D eigenvalue weighted by atomic mass is 10.1. The van der Waals surface area contributed by atoms with Gasteiger partial charge in [0, 0.05) is 19.4 Å². The Morgan fingerprint density at radius 1 is 0.846 bits per heavy atom. The van der Waals surface area contributed by atoms with Gasteiger partial charge in [-0.25, -0.2) is 0 Å². The van der Waals surface area contributed by atoms with Crippen LogP contribution in [-0.4, -0.2) is 6.54 Å². The van der Waals surface area contributed by atoms with E-state index in [0.29, 0.717) is 6.54 Å². The fourth-order valence-corrected chi connectivity index (χ4v) is 1.23. The van der Waals surface area contributed by atoms with Gasteiger partial charge >= 0.3 is 0 Å². The molecule has 0 aliphatic carbocycles. The molecular formula is C12H22N. The van der Waals surface area contributed by atoms with Crippen LogP contribution in [0.2, 0.25) is 0 Å². The molecule has 13 heavy (non-hydrogen) atoms. The highest BCUT2D eigenvalue weighted by molar-refractivity contribution is 4.98. The largest absolute Gasteiger partial charge is 0.257 e. The van der Waals surface area contributed by atoms with Gasteiger partial charge in [0.05, 0.1) is 0 Å². The molecule has 0 saturated heterocycles. The first-order chi connectivity index (χ1) is 6.41. The van der Waals surface area contributed by atoms with Crippen LogP contribution in [0.5, 0.6) is 0 Å². The first kappa shape index (κ1) is 12.5. The lowest BCUT2D eigenvalue weighted by Crippen LogP contribution is -1.80. The Morgan fingerprint density at radius 3 is 2.15 bits per heavy atom. The molecule has 1 radical (unpaired) electrons. The average Bonchev–Trinajstić information content (AvgIpc) is 2.16. The van der Waals surface area contributed by atoms with Crippen LogP contribution in [-0.2, 0) is 0 Å². The summed E-state index contributed by atoms with van der Waals surface area (Å²) < 4.78 is 0. The molecule has 75 valence electrons. The minimum absolute atomic E-state index is 0.448. The molecule has 0 unspecified atom stereocenters. The molecular weight excluding hydrogens is 158 g/mol. The summed E-state index contributed by atoms with van der Waals surface area (Å²) in [4.78, 5) is 0. The predicted molar refractivity (Wildman–Crippen MR) is 58.3 cm³/mol. The van der Waals surface area contributed by atoms with Gasteiger partial charge in [-0.3, -0.25) is 5.73 Å². The molecule has 0 heterocycles. The number of hydrogen-bond acceptors (Lipinski definition) is 0. The van der Waals surface area contributed by atoms with E-state index in [1.165, 1.54) is 38.5 Å². The van der Waals surface area contributed by atoms with Gasteiger partial charge in [-0.2, -0.15) is 0 Å². The summed E-state index contributed by atoms with van der Waals surface area (Å²) >= 11 is 0. The third kappa shape index (κ3) is 11.5. The van der Waals surface area contributed by atoms with Gasteiger partial charge in [0.15, 0.2) is 0 Å². The number of rotatable bonds is 7. The van der Waals surface area contributed by atoms with Gasteiger partial charge in [-0.15, -0.1) is 11.8 Å². The second-order valence-electron chi connectivity index (χ2n) is 3.37. The molecule has 1 N–H and O–H groups in total. The molecule has 0 aromatic rings. The summed E-state index contributed by atoms with van der Waals surface area (Å²) in [5, 5.41) is 0. The summed E-state index contributed by atoms with van der Waals surface area (Å²) in [5.74, 6) is 6.11. The van der Waals surface area contributed by atoms with E-state index in [9.17, 15) is 0 Å². The second-order valence-corrected chi connectivity index (χ2v) is 3.37. The van der Waals surface area contributed by atoms with Gasteiger partial charge in [0.1, 0.15) is 0 Å². The van der Waals surface area contributed by atoms with E-state index in [-0.39, 0.29) is 0 Å². The fraction of sp³-hybridized carbons (Fsp3) is 0.833. The SMILES string of the molecule is CCCCCCCCC#CCC[NH]. The van der Waals surface area contributed by atoms with E-state index in [2.05, 4.69) is 18.8 Å². The molecule has 0 aliphatic heterocycles. The van der Waals surface area contributed by atoms with Crippen LogP contribution in [0.4, 0.5) is 0 Å². The Morgan fingerprint density at radius 2 is 1.46 bits per heavy atom. The molecule has 1 nitrogen and oxygen atoms in total. The van der Waals surface area contributed by atoms with Crippen LogP contribution >= 0.6 is 0 Å². The smallest absolute Gasteiger partial charge is 0.0228 e. The zero-order chi connectivity index (χ0) is 9.78. The number of nitrogens with one attached hydrogen (secondary N) is 1. The van der Waals surface area contributed by atoms with E-state index in [0.717, 1.165) is 12.8 Å². The summed E-state index contributed by atoms with van der Waals surface area (Å²) in [7, 11) is 0. The molecule has 0 atom stereocenters. The van der Waals surface area contributed by atoms with E-state index >= 15 is 0 Å². The quantitative estimate of drug-likeness (QED) is 0.423. The maximum absolute atomic E-state index is 6.89. The summed E-state index contributed by atoms with van der Waals surface area (Å²) in [5.41, 5.74) is 6.89. The van der Waals surface area contributed by atoms with Crippen molar-refractivity contribution in [1.29, 1.82) is 0 Å². The van der Waals surface area contributed by atoms with E-state index in [1.54, 1.807) is 0 Å². The van der Waals surface area contributed by atoms with Crippen molar-refractivity contribution in [3.8, 4) is 11.8 Å². The lowest BCUT2D eigenvalue weighted by molar-refractivity contribution is 0.614. The van der Waals surface area contributed by atoms with Crippen LogP contribution < -0.4 is 5.73 Å². The Bertz CT molecular complexity index is 141. The van der Waals surface area contributed by atoms with Crippen molar-refractivity contribution in [2.75, 3.05) is 6.54 Å². The molecule has 0 saturated carbocycles. The minimum atomic E-state index is 0.448. The third-order valence-corrected chi connectivity index (χ3v) is 2.03. The van der Waals surface area contributed by atoms with Crippen LogP contribution in [0.1, 0.15) is 58.3 Å². The van der Waals surface area contributed by atoms with Crippen molar-refractivity contribution in [1.82, 2.24) is 5.73 Å². The molecule has 0 bridgehead atoms. The van der Waals surface area contributed by atoms with Gasteiger partial charge < -0.3 is 0 Å². The summed E-state index contributed by atoms with van der Waals surface area (Å²) in [6.07, 6.45) is 9.81. The standard InChI is InChI=1S/C12H22N/c1-2-3-4-5-6-7-8-9-10-11-12-13/h13H,2-8,11-12H2,1H3. The Labute approximate surface area is 83.1 Å². The lowest BCUT2D eigenvalue weighted by Gasteiger charge is -1.96. The van der Waals surface area contributed by atoms with E-state index < -0.39 is 0 Å². The number of hydrogen-bond donors (Lipinski definition) is 0. The molecule has 0 rings (SSSR count). The second kappa shape index (κ2) is 11.5. The average molecular weight is 180 g/mol. The van der Waals surface area contributed by atoms with Crippen LogP contribution in [0.25, 0.3) is 0 Å². The highest BCUT2D eigenvalue weighted by atomic mass is 14.5. The topological polar surface area (TPSA) is 23.8 Å². The molecule has 0 fully saturated rings. The Kier molecular flexibility index (Phi) is 11.1. The highest BCUT2D eigenvalue weighted by Gasteiger charge is 1.87. The minimum Gasteiger partial charge on any atom is -0.257 e. The van der Waals surface area contributed by atoms with Crippen molar-refractivity contribution in [2.24, 2.45) is 0 Å². The van der Waals surface area contributed by atoms with Gasteiger partial charge in [-0.05, 0) is 6.42 Å². The van der Waals surface area contributed by atoms with Crippen molar-refractivity contribution < 1.29 is 0 Å². The van der Waals surface area contributed by atoms with Crippen molar-refractivity contribution in [3.05, 3.63) is 0 Å². The summed E-state index contributed by atoms with van der Waals surface area (Å²) in [6.45, 7) is 2.69. The van der Waals surface area contributed by atoms with Crippen LogP contribution in [0, 0.1) is 11.8 Å². The normalized spacial score (nSPS) is 9.38. The summed E-state index contributed by atoms with van der Waals surface area (Å²) in [6, 6.07) is 0. The van der Waals surface area contributed by atoms with Gasteiger partial charge in [0.2, 0.25) is 0 Å². The third-order valence-electron chi connectivity index (χ3n) is 2.03. The highest BCUT2D eigenvalue weighted by Crippen LogP contribution is 2.05. The van der Waals surface area contributed by atoms with E-state index in [1.807, 2.05) is 0 Å². The zero-order valence-corrected chi connectivity index (χ0v) is 8.86. The van der Waals surface area contributed by atoms with Crippen molar-refractivity contribution >= 4 is 0 Å². The van der Waals surface area contributed by atoms with Gasteiger partial charge in [0.25, 0.3) is 0 Å². The Hall–Kier alpha value is -0.480. The van der Waals surface area contributed by atoms with Gasteiger partial charge in [-0.1, -0.05) is 39.0 Å². The predicted octanol–water partition coefficient (Wildman–Crippen LogP) is 3.41. The molecule has 0 aromatic carbocycles. The van der Waals surface area contributed by atoms with Crippen molar-refractivity contribution in [3.63, 3.8) is 0 Å². The maximum atomic E-state index is 6.89. The molecule has 0 aliphatic rings. The van der Waals surface area contributed by atoms with Crippen molar-refractivity contribution in [2.45, 2.75) is 58.3 Å². The molecule has 0 spiro atoms. The maximum Gasteiger partial charge on any atom is 0.0228 e. The number of unbranched alkanes of at least 4 members (excludes halogenated alkanes) is 6. The van der Waals surface area contributed by atoms with E-state index in [4.69, 9.17) is 5.73 Å². The first-order valence-electron chi connectivity index (χ1n) is 5.52. The fourth-order valence-electron chi connectivity index (χ4n) is 1.23. The Balaban J connectivity index is 2.96. The molecule has 1 heteroatoms. The molecule has 0 amide bonds. The zero-order valence-electron chi connectivity index (χ0n) is 8.86. The van der Waals surface area contributed by atoms with Crippen LogP contribution in [0.15, 0.2) is 0 Å². The monoisotopic (exact) mass is 180 g/mol.